The Morgan fingerprint density at radius 3 is 2.28 bits per heavy atom. The number of ether oxygens (including phenoxy) is 1. The number of anilines is 3. The summed E-state index contributed by atoms with van der Waals surface area (Å²) in [5.41, 5.74) is 1.21. The zero-order valence-electron chi connectivity index (χ0n) is 22.8. The van der Waals surface area contributed by atoms with E-state index < -0.39 is 35.6 Å². The maximum atomic E-state index is 14.0. The number of carbonyl (C=O) groups is 3. The Bertz CT molecular complexity index is 1200. The molecular weight excluding hydrogens is 496 g/mol. The van der Waals surface area contributed by atoms with Crippen molar-refractivity contribution >= 4 is 34.8 Å². The predicted molar refractivity (Wildman–Crippen MR) is 149 cm³/mol. The molecule has 3 aliphatic rings. The van der Waals surface area contributed by atoms with E-state index in [2.05, 4.69) is 29.4 Å². The Morgan fingerprint density at radius 1 is 1.03 bits per heavy atom. The number of hydrogen-bond acceptors (Lipinski definition) is 6. The molecule has 0 aromatic heterocycles. The van der Waals surface area contributed by atoms with Crippen LogP contribution in [0.15, 0.2) is 54.6 Å². The summed E-state index contributed by atoms with van der Waals surface area (Å²) in [4.78, 5) is 45.2. The second-order valence-corrected chi connectivity index (χ2v) is 10.6. The first-order valence-electron chi connectivity index (χ1n) is 14.0. The van der Waals surface area contributed by atoms with Gasteiger partial charge in [-0.25, -0.2) is 0 Å². The lowest BCUT2D eigenvalue weighted by molar-refractivity contribution is -0.143. The molecule has 9 heteroatoms. The van der Waals surface area contributed by atoms with Crippen molar-refractivity contribution in [3.8, 4) is 0 Å². The van der Waals surface area contributed by atoms with E-state index in [1.54, 1.807) is 12.1 Å². The summed E-state index contributed by atoms with van der Waals surface area (Å²) in [5, 5.41) is 16.1. The van der Waals surface area contributed by atoms with Gasteiger partial charge in [0, 0.05) is 30.2 Å². The van der Waals surface area contributed by atoms with Crippen LogP contribution in [0.3, 0.4) is 0 Å². The van der Waals surface area contributed by atoms with E-state index in [4.69, 9.17) is 4.74 Å². The molecule has 9 nitrogen and oxygen atoms in total. The minimum atomic E-state index is -1.12. The van der Waals surface area contributed by atoms with Gasteiger partial charge in [-0.1, -0.05) is 25.1 Å². The third-order valence-corrected chi connectivity index (χ3v) is 8.67. The fourth-order valence-corrected chi connectivity index (χ4v) is 6.80. The molecule has 3 heterocycles. The number of nitrogens with one attached hydrogen (secondary N) is 2. The summed E-state index contributed by atoms with van der Waals surface area (Å²) in [6.45, 7) is 7.53. The Hall–Kier alpha value is -3.43. The summed E-state index contributed by atoms with van der Waals surface area (Å²) in [5.74, 6) is -2.45. The zero-order valence-corrected chi connectivity index (χ0v) is 22.8. The van der Waals surface area contributed by atoms with Crippen molar-refractivity contribution in [2.45, 2.75) is 63.8 Å². The maximum Gasteiger partial charge on any atom is 0.250 e. The summed E-state index contributed by atoms with van der Waals surface area (Å²) < 4.78 is 6.47. The van der Waals surface area contributed by atoms with E-state index in [0.717, 1.165) is 18.8 Å². The van der Waals surface area contributed by atoms with Gasteiger partial charge in [0.25, 0.3) is 0 Å². The molecule has 39 heavy (non-hydrogen) atoms. The normalized spacial score (nSPS) is 27.8. The number of likely N-dealkylation sites (tertiary alicyclic amines) is 1. The highest BCUT2D eigenvalue weighted by Gasteiger charge is 2.75. The molecule has 2 aromatic carbocycles. The Labute approximate surface area is 229 Å². The van der Waals surface area contributed by atoms with E-state index in [0.29, 0.717) is 30.6 Å². The number of benzene rings is 2. The average molecular weight is 535 g/mol. The second-order valence-electron chi connectivity index (χ2n) is 10.6. The van der Waals surface area contributed by atoms with Crippen molar-refractivity contribution in [2.75, 3.05) is 35.2 Å². The number of aliphatic hydroxyl groups is 1. The lowest BCUT2D eigenvalue weighted by Gasteiger charge is -2.36. The number of rotatable bonds is 10. The molecule has 2 bridgehead atoms. The fraction of sp³-hybridized carbons (Fsp3) is 0.500. The fourth-order valence-electron chi connectivity index (χ4n) is 6.80. The largest absolute Gasteiger partial charge is 0.394 e. The summed E-state index contributed by atoms with van der Waals surface area (Å²) >= 11 is 0. The molecular formula is C30H38N4O5. The molecule has 0 radical (unpaired) electrons. The number of aliphatic hydroxyl groups excluding tert-OH is 1. The third kappa shape index (κ3) is 4.57. The molecule has 3 amide bonds. The molecule has 0 aliphatic carbocycles. The van der Waals surface area contributed by atoms with Gasteiger partial charge in [0.2, 0.25) is 17.7 Å². The topological polar surface area (TPSA) is 111 Å². The standard InChI is InChI=1S/C30H38N4O5/c1-4-21(18-35)34-26(28(37)32-20-12-14-22(15-13-20)33(5-2)6-3)30-17-16-23(39-30)24(25(30)29(34)38)27(36)31-19-10-8-7-9-11-19/h7-15,21,23-26,35H,4-6,16-18H2,1-3H3,(H,31,36)(H,32,37)/t21-,23-,24+,25-,26?,30?/m0/s1. The van der Waals surface area contributed by atoms with Crippen molar-refractivity contribution in [2.24, 2.45) is 11.8 Å². The molecule has 1 spiro atoms. The maximum absolute atomic E-state index is 14.0. The van der Waals surface area contributed by atoms with E-state index >= 15 is 0 Å². The van der Waals surface area contributed by atoms with Crippen molar-refractivity contribution in [3.05, 3.63) is 54.6 Å². The first-order chi connectivity index (χ1) is 18.9. The van der Waals surface area contributed by atoms with Gasteiger partial charge < -0.3 is 30.3 Å². The van der Waals surface area contributed by atoms with E-state index in [1.807, 2.05) is 49.4 Å². The van der Waals surface area contributed by atoms with Gasteiger partial charge in [0.1, 0.15) is 11.6 Å². The molecule has 2 aromatic rings. The number of fused-ring (bicyclic) bond motifs is 1. The van der Waals surface area contributed by atoms with Crippen LogP contribution in [0, 0.1) is 11.8 Å². The lowest BCUT2D eigenvalue weighted by Crippen LogP contribution is -2.56. The minimum Gasteiger partial charge on any atom is -0.394 e. The SMILES string of the molecule is CC[C@@H](CO)N1C(=O)[C@@H]2[C@H](C(=O)Nc3ccccc3)[C@@H]3CCC2(O3)C1C(=O)Nc1ccc(N(CC)CC)cc1. The lowest BCUT2D eigenvalue weighted by atomic mass is 9.70. The van der Waals surface area contributed by atoms with Crippen molar-refractivity contribution < 1.29 is 24.2 Å². The summed E-state index contributed by atoms with van der Waals surface area (Å²) in [6.07, 6.45) is 1.11. The van der Waals surface area contributed by atoms with Crippen molar-refractivity contribution in [3.63, 3.8) is 0 Å². The minimum absolute atomic E-state index is 0.280. The predicted octanol–water partition coefficient (Wildman–Crippen LogP) is 3.26. The second kappa shape index (κ2) is 11.0. The van der Waals surface area contributed by atoms with Crippen LogP contribution < -0.4 is 15.5 Å². The Balaban J connectivity index is 1.44. The summed E-state index contributed by atoms with van der Waals surface area (Å²) in [6, 6.07) is 15.3. The molecule has 208 valence electrons. The molecule has 3 aliphatic heterocycles. The quantitative estimate of drug-likeness (QED) is 0.432. The first kappa shape index (κ1) is 27.1. The molecule has 3 saturated heterocycles. The number of nitrogens with zero attached hydrogens (tertiary/aromatic N) is 2. The number of amides is 3. The van der Waals surface area contributed by atoms with E-state index in [1.165, 1.54) is 4.90 Å². The van der Waals surface area contributed by atoms with Crippen molar-refractivity contribution in [1.82, 2.24) is 4.90 Å². The third-order valence-electron chi connectivity index (χ3n) is 8.67. The van der Waals surface area contributed by atoms with Gasteiger partial charge in [-0.3, -0.25) is 14.4 Å². The van der Waals surface area contributed by atoms with Crippen LogP contribution in [0.5, 0.6) is 0 Å². The highest BCUT2D eigenvalue weighted by Crippen LogP contribution is 2.59. The van der Waals surface area contributed by atoms with Gasteiger partial charge >= 0.3 is 0 Å². The van der Waals surface area contributed by atoms with Crippen LogP contribution in [0.25, 0.3) is 0 Å². The first-order valence-corrected chi connectivity index (χ1v) is 14.0. The van der Waals surface area contributed by atoms with Crippen LogP contribution >= 0.6 is 0 Å². The summed E-state index contributed by atoms with van der Waals surface area (Å²) in [7, 11) is 0. The van der Waals surface area contributed by atoms with Crippen LogP contribution in [0.4, 0.5) is 17.1 Å². The zero-order chi connectivity index (χ0) is 27.7. The Morgan fingerprint density at radius 2 is 1.67 bits per heavy atom. The van der Waals surface area contributed by atoms with Crippen LogP contribution in [0.1, 0.15) is 40.0 Å². The number of para-hydroxylation sites is 1. The van der Waals surface area contributed by atoms with Gasteiger partial charge in [-0.15, -0.1) is 0 Å². The highest BCUT2D eigenvalue weighted by molar-refractivity contribution is 6.05. The van der Waals surface area contributed by atoms with E-state index in [9.17, 15) is 19.5 Å². The molecule has 3 N–H and O–H groups in total. The molecule has 3 fully saturated rings. The van der Waals surface area contributed by atoms with E-state index in [-0.39, 0.29) is 24.3 Å². The monoisotopic (exact) mass is 534 g/mol. The van der Waals surface area contributed by atoms with Gasteiger partial charge in [-0.05, 0) is 69.5 Å². The molecule has 5 rings (SSSR count). The molecule has 0 saturated carbocycles. The van der Waals surface area contributed by atoms with Gasteiger partial charge in [0.15, 0.2) is 0 Å². The van der Waals surface area contributed by atoms with Crippen LogP contribution in [0.2, 0.25) is 0 Å². The number of carbonyl (C=O) groups excluding carboxylic acids is 3. The Kier molecular flexibility index (Phi) is 7.64. The smallest absolute Gasteiger partial charge is 0.250 e. The molecule has 6 atom stereocenters. The highest BCUT2D eigenvalue weighted by atomic mass is 16.5. The van der Waals surface area contributed by atoms with Crippen LogP contribution in [-0.4, -0.2) is 71.2 Å². The van der Waals surface area contributed by atoms with Gasteiger partial charge in [-0.2, -0.15) is 0 Å². The average Bonchev–Trinajstić information content (AvgIpc) is 3.59. The van der Waals surface area contributed by atoms with Crippen molar-refractivity contribution in [1.29, 1.82) is 0 Å². The number of hydrogen-bond donors (Lipinski definition) is 3. The van der Waals surface area contributed by atoms with Crippen LogP contribution in [-0.2, 0) is 19.1 Å². The van der Waals surface area contributed by atoms with Gasteiger partial charge in [0.05, 0.1) is 30.6 Å². The molecule has 2 unspecified atom stereocenters.